The van der Waals surface area contributed by atoms with Crippen LogP contribution in [-0.4, -0.2) is 5.11 Å². The summed E-state index contributed by atoms with van der Waals surface area (Å²) in [5.41, 5.74) is 6.63. The van der Waals surface area contributed by atoms with Crippen molar-refractivity contribution in [2.24, 2.45) is 11.7 Å². The van der Waals surface area contributed by atoms with E-state index >= 15 is 0 Å². The normalized spacial score (nSPS) is 12.4. The van der Waals surface area contributed by atoms with Crippen molar-refractivity contribution < 1.29 is 5.11 Å². The Bertz CT molecular complexity index is 358. The van der Waals surface area contributed by atoms with Crippen molar-refractivity contribution in [2.45, 2.75) is 26.3 Å². The van der Waals surface area contributed by atoms with Crippen LogP contribution in [0, 0.1) is 5.92 Å². The molecule has 0 unspecified atom stereocenters. The summed E-state index contributed by atoms with van der Waals surface area (Å²) in [6.45, 7) is 4.17. The second-order valence-electron chi connectivity index (χ2n) is 4.03. The topological polar surface area (TPSA) is 46.2 Å². The molecule has 92 valence electrons. The van der Waals surface area contributed by atoms with Gasteiger partial charge in [-0.05, 0) is 40.4 Å². The molecule has 1 atom stereocenters. The number of benzene rings is 1. The van der Waals surface area contributed by atoms with Crippen molar-refractivity contribution in [1.82, 2.24) is 0 Å². The van der Waals surface area contributed by atoms with Crippen LogP contribution in [0.5, 0.6) is 5.75 Å². The second kappa shape index (κ2) is 6.70. The maximum Gasteiger partial charge on any atom is 0.136 e. The minimum atomic E-state index is -0.227. The highest BCUT2D eigenvalue weighted by molar-refractivity contribution is 9.10. The first-order chi connectivity index (χ1) is 6.93. The van der Waals surface area contributed by atoms with Crippen molar-refractivity contribution in [3.05, 3.63) is 27.2 Å². The number of hydrogen-bond donors (Lipinski definition) is 2. The van der Waals surface area contributed by atoms with Crippen LogP contribution < -0.4 is 5.73 Å². The molecule has 0 saturated carbocycles. The van der Waals surface area contributed by atoms with Gasteiger partial charge in [0.15, 0.2) is 0 Å². The van der Waals surface area contributed by atoms with E-state index in [1.165, 1.54) is 0 Å². The van der Waals surface area contributed by atoms with Crippen LogP contribution in [-0.2, 0) is 0 Å². The quantitative estimate of drug-likeness (QED) is 0.870. The molecule has 0 aliphatic rings. The van der Waals surface area contributed by atoms with E-state index in [1.54, 1.807) is 12.1 Å². The van der Waals surface area contributed by atoms with Gasteiger partial charge in [0, 0.05) is 16.6 Å². The highest BCUT2D eigenvalue weighted by Crippen LogP contribution is 2.38. The summed E-state index contributed by atoms with van der Waals surface area (Å²) in [5.74, 6) is 0.616. The molecule has 0 aromatic heterocycles. The highest BCUT2D eigenvalue weighted by Gasteiger charge is 2.17. The summed E-state index contributed by atoms with van der Waals surface area (Å²) in [4.78, 5) is 0. The van der Waals surface area contributed by atoms with E-state index in [9.17, 15) is 5.11 Å². The van der Waals surface area contributed by atoms with Crippen molar-refractivity contribution in [1.29, 1.82) is 0 Å². The van der Waals surface area contributed by atoms with Crippen LogP contribution in [0.15, 0.2) is 16.6 Å². The van der Waals surface area contributed by atoms with Gasteiger partial charge in [-0.15, -0.1) is 12.4 Å². The molecule has 3 N–H and O–H groups in total. The van der Waals surface area contributed by atoms with E-state index in [-0.39, 0.29) is 24.2 Å². The number of hydrogen-bond acceptors (Lipinski definition) is 2. The lowest BCUT2D eigenvalue weighted by Crippen LogP contribution is -2.13. The van der Waals surface area contributed by atoms with Crippen LogP contribution in [0.2, 0.25) is 5.02 Å². The first kappa shape index (κ1) is 16.0. The summed E-state index contributed by atoms with van der Waals surface area (Å²) in [6.07, 6.45) is 0.795. The third kappa shape index (κ3) is 3.81. The summed E-state index contributed by atoms with van der Waals surface area (Å²) < 4.78 is 0.626. The number of phenols is 1. The zero-order chi connectivity index (χ0) is 11.6. The Kier molecular flexibility index (Phi) is 6.71. The lowest BCUT2D eigenvalue weighted by atomic mass is 9.97. The van der Waals surface area contributed by atoms with Gasteiger partial charge in [-0.2, -0.15) is 0 Å². The van der Waals surface area contributed by atoms with Crippen LogP contribution in [0.4, 0.5) is 0 Å². The van der Waals surface area contributed by atoms with Crippen LogP contribution in [0.3, 0.4) is 0 Å². The largest absolute Gasteiger partial charge is 0.506 e. The molecule has 1 rings (SSSR count). The average Bonchev–Trinajstić information content (AvgIpc) is 2.11. The number of nitrogens with two attached hydrogens (primary N) is 1. The molecule has 0 heterocycles. The third-order valence-corrected chi connectivity index (χ3v) is 3.18. The summed E-state index contributed by atoms with van der Waals surface area (Å²) in [7, 11) is 0. The maximum atomic E-state index is 9.85. The van der Waals surface area contributed by atoms with E-state index in [1.807, 2.05) is 0 Å². The van der Waals surface area contributed by atoms with E-state index < -0.39 is 0 Å². The predicted octanol–water partition coefficient (Wildman–Crippen LogP) is 4.28. The first-order valence-electron chi connectivity index (χ1n) is 4.86. The molecule has 0 bridgehead atoms. The van der Waals surface area contributed by atoms with Crippen LogP contribution in [0.1, 0.15) is 31.9 Å². The third-order valence-electron chi connectivity index (χ3n) is 2.21. The van der Waals surface area contributed by atoms with E-state index in [2.05, 4.69) is 29.8 Å². The van der Waals surface area contributed by atoms with Gasteiger partial charge in [-0.1, -0.05) is 25.4 Å². The van der Waals surface area contributed by atoms with Crippen molar-refractivity contribution in [3.8, 4) is 5.75 Å². The van der Waals surface area contributed by atoms with Crippen LogP contribution >= 0.6 is 39.9 Å². The maximum absolute atomic E-state index is 9.85. The Balaban J connectivity index is 0.00000225. The number of phenolic OH excluding ortho intramolecular Hbond substituents is 1. The van der Waals surface area contributed by atoms with E-state index in [4.69, 9.17) is 17.3 Å². The first-order valence-corrected chi connectivity index (χ1v) is 6.03. The standard InChI is InChI=1S/C11H15BrClNO.ClH/c1-6(2)5-9(14)10-8(13)4-3-7(12)11(10)15;/h3-4,6,9,15H,5,14H2,1-2H3;1H/t9-;/m1./s1. The average molecular weight is 329 g/mol. The lowest BCUT2D eigenvalue weighted by Gasteiger charge is -2.17. The van der Waals surface area contributed by atoms with Crippen molar-refractivity contribution in [3.63, 3.8) is 0 Å². The molecule has 1 aromatic rings. The fraction of sp³-hybridized carbons (Fsp3) is 0.455. The molecule has 5 heteroatoms. The smallest absolute Gasteiger partial charge is 0.136 e. The summed E-state index contributed by atoms with van der Waals surface area (Å²) in [6, 6.07) is 3.22. The molecule has 0 spiro atoms. The molecule has 2 nitrogen and oxygen atoms in total. The van der Waals surface area contributed by atoms with Crippen molar-refractivity contribution >= 4 is 39.9 Å². The van der Waals surface area contributed by atoms with Gasteiger partial charge in [-0.25, -0.2) is 0 Å². The van der Waals surface area contributed by atoms with E-state index in [0.717, 1.165) is 6.42 Å². The minimum absolute atomic E-state index is 0. The van der Waals surface area contributed by atoms with Gasteiger partial charge < -0.3 is 10.8 Å². The SMILES string of the molecule is CC(C)C[C@@H](N)c1c(Cl)ccc(Br)c1O.Cl. The Labute approximate surface area is 116 Å². The Morgan fingerprint density at radius 2 is 2.00 bits per heavy atom. The lowest BCUT2D eigenvalue weighted by molar-refractivity contribution is 0.442. The fourth-order valence-corrected chi connectivity index (χ4v) is 2.17. The van der Waals surface area contributed by atoms with E-state index in [0.29, 0.717) is 21.0 Å². The summed E-state index contributed by atoms with van der Waals surface area (Å²) >= 11 is 9.27. The van der Waals surface area contributed by atoms with Gasteiger partial charge in [-0.3, -0.25) is 0 Å². The minimum Gasteiger partial charge on any atom is -0.506 e. The monoisotopic (exact) mass is 327 g/mol. The zero-order valence-electron chi connectivity index (χ0n) is 9.21. The molecule has 0 aliphatic heterocycles. The number of aromatic hydroxyl groups is 1. The Morgan fingerprint density at radius 1 is 1.44 bits per heavy atom. The molecule has 0 aliphatic carbocycles. The Hall–Kier alpha value is 0.0400. The number of halogens is 3. The van der Waals surface area contributed by atoms with Gasteiger partial charge in [0.1, 0.15) is 5.75 Å². The summed E-state index contributed by atoms with van der Waals surface area (Å²) in [5, 5.41) is 10.4. The molecule has 16 heavy (non-hydrogen) atoms. The molecular formula is C11H16BrCl2NO. The van der Waals surface area contributed by atoms with Gasteiger partial charge in [0.25, 0.3) is 0 Å². The molecule has 0 radical (unpaired) electrons. The molecule has 0 saturated heterocycles. The fourth-order valence-electron chi connectivity index (χ4n) is 1.54. The van der Waals surface area contributed by atoms with Gasteiger partial charge in [0.05, 0.1) is 4.47 Å². The molecule has 0 amide bonds. The van der Waals surface area contributed by atoms with Gasteiger partial charge >= 0.3 is 0 Å². The highest BCUT2D eigenvalue weighted by atomic mass is 79.9. The predicted molar refractivity (Wildman–Crippen MR) is 74.4 cm³/mol. The number of rotatable bonds is 3. The second-order valence-corrected chi connectivity index (χ2v) is 5.29. The van der Waals surface area contributed by atoms with Crippen molar-refractivity contribution in [2.75, 3.05) is 0 Å². The molecule has 1 aromatic carbocycles. The van der Waals surface area contributed by atoms with Gasteiger partial charge in [0.2, 0.25) is 0 Å². The Morgan fingerprint density at radius 3 is 2.50 bits per heavy atom. The molecule has 0 fully saturated rings. The van der Waals surface area contributed by atoms with Crippen LogP contribution in [0.25, 0.3) is 0 Å². The molecular weight excluding hydrogens is 313 g/mol. The zero-order valence-corrected chi connectivity index (χ0v) is 12.4.